The molecule has 1 unspecified atom stereocenters. The summed E-state index contributed by atoms with van der Waals surface area (Å²) in [5, 5.41) is 18.4. The van der Waals surface area contributed by atoms with Gasteiger partial charge >= 0.3 is 11.9 Å². The summed E-state index contributed by atoms with van der Waals surface area (Å²) in [5.41, 5.74) is -1.22. The van der Waals surface area contributed by atoms with E-state index >= 15 is 0 Å². The highest BCUT2D eigenvalue weighted by Crippen LogP contribution is 2.33. The van der Waals surface area contributed by atoms with Crippen LogP contribution in [-0.4, -0.2) is 27.9 Å². The average molecular weight is 437 g/mol. The van der Waals surface area contributed by atoms with E-state index < -0.39 is 17.4 Å². The van der Waals surface area contributed by atoms with Crippen molar-refractivity contribution in [1.82, 2.24) is 0 Å². The molecule has 1 atom stereocenters. The Morgan fingerprint density at radius 1 is 0.677 bits per heavy atom. The lowest BCUT2D eigenvalue weighted by atomic mass is 9.75. The molecule has 0 saturated heterocycles. The quantitative estimate of drug-likeness (QED) is 0.111. The molecule has 0 bridgehead atoms. The third-order valence-electron chi connectivity index (χ3n) is 6.25. The second-order valence-electron chi connectivity index (χ2n) is 8.84. The van der Waals surface area contributed by atoms with Crippen molar-refractivity contribution in [2.75, 3.05) is 0 Å². The minimum absolute atomic E-state index is 0.215. The van der Waals surface area contributed by atoms with Crippen molar-refractivity contribution >= 4 is 17.7 Å². The summed E-state index contributed by atoms with van der Waals surface area (Å²) in [4.78, 5) is 34.7. The lowest BCUT2D eigenvalue weighted by molar-refractivity contribution is -0.155. The second kappa shape index (κ2) is 18.9. The summed E-state index contributed by atoms with van der Waals surface area (Å²) in [6.45, 7) is 1.43. The van der Waals surface area contributed by atoms with E-state index in [0.29, 0.717) is 12.8 Å². The highest BCUT2D eigenvalue weighted by atomic mass is 16.4. The van der Waals surface area contributed by atoms with Crippen LogP contribution in [0.2, 0.25) is 0 Å². The van der Waals surface area contributed by atoms with Gasteiger partial charge in [0.15, 0.2) is 0 Å². The molecule has 31 heavy (non-hydrogen) atoms. The van der Waals surface area contributed by atoms with Crippen LogP contribution in [0.5, 0.6) is 0 Å². The number of hydrogen-bond donors (Lipinski definition) is 2. The Balaban J connectivity index is 4.06. The summed E-state index contributed by atoms with van der Waals surface area (Å²) in [7, 11) is 0. The third kappa shape index (κ3) is 14.7. The SMILES string of the molecule is C#CCCCCCCCCCC(CCCCCCCCCCC(=O)O)(C(C)=O)C(=O)O. The van der Waals surface area contributed by atoms with Gasteiger partial charge in [0, 0.05) is 12.8 Å². The lowest BCUT2D eigenvalue weighted by Crippen LogP contribution is -2.38. The largest absolute Gasteiger partial charge is 0.481 e. The van der Waals surface area contributed by atoms with E-state index in [2.05, 4.69) is 5.92 Å². The Bertz CT molecular complexity index is 532. The smallest absolute Gasteiger partial charge is 0.317 e. The highest BCUT2D eigenvalue weighted by Gasteiger charge is 2.42. The molecule has 178 valence electrons. The van der Waals surface area contributed by atoms with Crippen LogP contribution in [0.1, 0.15) is 129 Å². The first-order valence-electron chi connectivity index (χ1n) is 12.3. The van der Waals surface area contributed by atoms with Gasteiger partial charge in [-0.25, -0.2) is 0 Å². The summed E-state index contributed by atoms with van der Waals surface area (Å²) in [6, 6.07) is 0. The normalized spacial score (nSPS) is 12.8. The fraction of sp³-hybridized carbons (Fsp3) is 0.808. The predicted octanol–water partition coefficient (Wildman–Crippen LogP) is 6.78. The summed E-state index contributed by atoms with van der Waals surface area (Å²) in [6.07, 6.45) is 22.2. The molecule has 0 amide bonds. The van der Waals surface area contributed by atoms with Gasteiger partial charge in [0.25, 0.3) is 0 Å². The van der Waals surface area contributed by atoms with Gasteiger partial charge in [0.05, 0.1) is 0 Å². The topological polar surface area (TPSA) is 91.7 Å². The number of carbonyl (C=O) groups is 3. The van der Waals surface area contributed by atoms with Gasteiger partial charge in [-0.15, -0.1) is 12.3 Å². The minimum Gasteiger partial charge on any atom is -0.481 e. The van der Waals surface area contributed by atoms with Crippen LogP contribution in [0, 0.1) is 17.8 Å². The van der Waals surface area contributed by atoms with Crippen molar-refractivity contribution in [2.24, 2.45) is 5.41 Å². The predicted molar refractivity (Wildman–Crippen MR) is 125 cm³/mol. The van der Waals surface area contributed by atoms with Crippen molar-refractivity contribution in [3.05, 3.63) is 0 Å². The zero-order chi connectivity index (χ0) is 23.4. The van der Waals surface area contributed by atoms with Crippen LogP contribution in [0.25, 0.3) is 0 Å². The standard InChI is InChI=1S/C26H44O5/c1-3-4-5-6-7-9-12-15-18-21-26(23(2)27,25(30)31)22-19-16-13-10-8-11-14-17-20-24(28)29/h1H,4-22H2,2H3,(H,28,29)(H,30,31). The van der Waals surface area contributed by atoms with E-state index in [1.54, 1.807) is 0 Å². The fourth-order valence-electron chi connectivity index (χ4n) is 4.14. The number of carbonyl (C=O) groups excluding carboxylic acids is 1. The van der Waals surface area contributed by atoms with E-state index in [1.165, 1.54) is 6.92 Å². The number of Topliss-reactive ketones (excluding diaryl/α,β-unsaturated/α-hetero) is 1. The molecule has 5 heteroatoms. The maximum atomic E-state index is 12.2. The zero-order valence-electron chi connectivity index (χ0n) is 19.6. The average Bonchev–Trinajstić information content (AvgIpc) is 2.71. The Labute approximate surface area is 189 Å². The number of terminal acetylenes is 1. The van der Waals surface area contributed by atoms with Gasteiger partial charge in [0.2, 0.25) is 0 Å². The number of rotatable bonds is 22. The molecule has 0 rings (SSSR count). The monoisotopic (exact) mass is 436 g/mol. The summed E-state index contributed by atoms with van der Waals surface area (Å²) < 4.78 is 0. The molecule has 0 aliphatic rings. The molecular formula is C26H44O5. The van der Waals surface area contributed by atoms with Crippen LogP contribution >= 0.6 is 0 Å². The number of hydrogen-bond acceptors (Lipinski definition) is 3. The summed E-state index contributed by atoms with van der Waals surface area (Å²) >= 11 is 0. The first-order chi connectivity index (χ1) is 14.9. The molecular weight excluding hydrogens is 392 g/mol. The molecule has 5 nitrogen and oxygen atoms in total. The van der Waals surface area contributed by atoms with E-state index in [0.717, 1.165) is 103 Å². The van der Waals surface area contributed by atoms with Gasteiger partial charge in [-0.05, 0) is 32.6 Å². The maximum Gasteiger partial charge on any atom is 0.317 e. The van der Waals surface area contributed by atoms with E-state index in [9.17, 15) is 19.5 Å². The van der Waals surface area contributed by atoms with E-state index in [-0.39, 0.29) is 12.2 Å². The van der Waals surface area contributed by atoms with Gasteiger partial charge < -0.3 is 10.2 Å². The van der Waals surface area contributed by atoms with Crippen LogP contribution < -0.4 is 0 Å². The molecule has 0 heterocycles. The first kappa shape index (κ1) is 29.2. The maximum absolute atomic E-state index is 12.2. The van der Waals surface area contributed by atoms with E-state index in [4.69, 9.17) is 11.5 Å². The number of ketones is 1. The van der Waals surface area contributed by atoms with E-state index in [1.807, 2.05) is 0 Å². The Morgan fingerprint density at radius 3 is 1.42 bits per heavy atom. The molecule has 0 saturated carbocycles. The molecule has 0 spiro atoms. The Kier molecular flexibility index (Phi) is 17.8. The number of unbranched alkanes of at least 4 members (excludes halogenated alkanes) is 14. The Morgan fingerprint density at radius 2 is 1.06 bits per heavy atom. The van der Waals surface area contributed by atoms with Gasteiger partial charge in [-0.2, -0.15) is 0 Å². The van der Waals surface area contributed by atoms with Gasteiger partial charge in [-0.1, -0.05) is 83.5 Å². The first-order valence-corrected chi connectivity index (χ1v) is 12.3. The zero-order valence-corrected chi connectivity index (χ0v) is 19.6. The van der Waals surface area contributed by atoms with Gasteiger partial charge in [0.1, 0.15) is 11.2 Å². The van der Waals surface area contributed by atoms with Crippen molar-refractivity contribution in [3.8, 4) is 12.3 Å². The van der Waals surface area contributed by atoms with Crippen LogP contribution in [0.3, 0.4) is 0 Å². The highest BCUT2D eigenvalue weighted by molar-refractivity contribution is 6.01. The summed E-state index contributed by atoms with van der Waals surface area (Å²) in [5.74, 6) is 0.740. The molecule has 0 radical (unpaired) electrons. The van der Waals surface area contributed by atoms with Crippen LogP contribution in [0.4, 0.5) is 0 Å². The molecule has 2 N–H and O–H groups in total. The molecule has 0 aromatic rings. The molecule has 0 aromatic heterocycles. The second-order valence-corrected chi connectivity index (χ2v) is 8.84. The number of carboxylic acid groups (broad SMARTS) is 2. The van der Waals surface area contributed by atoms with Crippen molar-refractivity contribution in [2.45, 2.75) is 129 Å². The van der Waals surface area contributed by atoms with Crippen molar-refractivity contribution < 1.29 is 24.6 Å². The number of aliphatic carboxylic acids is 2. The van der Waals surface area contributed by atoms with Crippen LogP contribution in [-0.2, 0) is 14.4 Å². The molecule has 0 fully saturated rings. The Hall–Kier alpha value is -1.83. The third-order valence-corrected chi connectivity index (χ3v) is 6.25. The van der Waals surface area contributed by atoms with Gasteiger partial charge in [-0.3, -0.25) is 14.4 Å². The fourth-order valence-corrected chi connectivity index (χ4v) is 4.14. The number of carboxylic acids is 2. The van der Waals surface area contributed by atoms with Crippen LogP contribution in [0.15, 0.2) is 0 Å². The molecule has 0 aliphatic carbocycles. The van der Waals surface area contributed by atoms with Crippen molar-refractivity contribution in [3.63, 3.8) is 0 Å². The lowest BCUT2D eigenvalue weighted by Gasteiger charge is -2.27. The molecule has 0 aromatic carbocycles. The minimum atomic E-state index is -1.22. The molecule has 0 aliphatic heterocycles. The van der Waals surface area contributed by atoms with Crippen molar-refractivity contribution in [1.29, 1.82) is 0 Å².